The van der Waals surface area contributed by atoms with Gasteiger partial charge in [0.15, 0.2) is 0 Å². The molecule has 0 saturated heterocycles. The monoisotopic (exact) mass is 290 g/mol. The number of hydrogen-bond donors (Lipinski definition) is 2. The van der Waals surface area contributed by atoms with E-state index in [-0.39, 0.29) is 0 Å². The van der Waals surface area contributed by atoms with Crippen LogP contribution in [0.25, 0.3) is 0 Å². The van der Waals surface area contributed by atoms with Crippen LogP contribution in [0.4, 0.5) is 5.69 Å². The first-order valence-corrected chi connectivity index (χ1v) is 8.24. The van der Waals surface area contributed by atoms with Gasteiger partial charge in [-0.25, -0.2) is 0 Å². The normalized spacial score (nSPS) is 29.3. The lowest BCUT2D eigenvalue weighted by molar-refractivity contribution is 0.154. The number of aromatic hydroxyl groups is 1. The molecule has 3 heteroatoms. The van der Waals surface area contributed by atoms with Crippen molar-refractivity contribution >= 4 is 5.69 Å². The van der Waals surface area contributed by atoms with E-state index in [4.69, 9.17) is 0 Å². The fourth-order valence-electron chi connectivity index (χ4n) is 3.84. The molecule has 0 bridgehead atoms. The van der Waals surface area contributed by atoms with Crippen molar-refractivity contribution in [1.82, 2.24) is 5.32 Å². The Morgan fingerprint density at radius 2 is 1.86 bits per heavy atom. The van der Waals surface area contributed by atoms with Gasteiger partial charge in [0.25, 0.3) is 0 Å². The molecule has 118 valence electrons. The van der Waals surface area contributed by atoms with Crippen molar-refractivity contribution in [3.63, 3.8) is 0 Å². The number of rotatable bonds is 5. The summed E-state index contributed by atoms with van der Waals surface area (Å²) in [4.78, 5) is 2.32. The molecule has 1 aliphatic carbocycles. The summed E-state index contributed by atoms with van der Waals surface area (Å²) < 4.78 is 0. The van der Waals surface area contributed by atoms with E-state index in [0.29, 0.717) is 17.7 Å². The molecule has 1 fully saturated rings. The zero-order chi connectivity index (χ0) is 15.4. The average Bonchev–Trinajstić information content (AvgIpc) is 2.43. The van der Waals surface area contributed by atoms with E-state index in [2.05, 4.69) is 38.0 Å². The van der Waals surface area contributed by atoms with Gasteiger partial charge in [-0.15, -0.1) is 0 Å². The highest BCUT2D eigenvalue weighted by molar-refractivity contribution is 5.48. The highest BCUT2D eigenvalue weighted by atomic mass is 16.3. The van der Waals surface area contributed by atoms with Gasteiger partial charge in [0.2, 0.25) is 0 Å². The van der Waals surface area contributed by atoms with E-state index in [1.165, 1.54) is 18.5 Å². The number of nitrogens with zero attached hydrogens (tertiary/aromatic N) is 1. The second-order valence-electron chi connectivity index (χ2n) is 6.78. The van der Waals surface area contributed by atoms with Crippen LogP contribution in [0.15, 0.2) is 24.3 Å². The van der Waals surface area contributed by atoms with Crippen LogP contribution in [-0.2, 0) is 0 Å². The standard InChI is InChI=1S/C18H30N2O/c1-5-19-18-11-13(2)10-14(3)17(18)12-20(4)15-6-8-16(21)9-7-15/h6-9,13-14,17-19,21H,5,10-12H2,1-4H3. The molecule has 0 heterocycles. The summed E-state index contributed by atoms with van der Waals surface area (Å²) in [5.41, 5.74) is 1.17. The molecule has 0 aromatic heterocycles. The van der Waals surface area contributed by atoms with Gasteiger partial charge in [0, 0.05) is 25.3 Å². The van der Waals surface area contributed by atoms with Gasteiger partial charge in [0.1, 0.15) is 5.75 Å². The third-order valence-corrected chi connectivity index (χ3v) is 4.92. The molecular formula is C18H30N2O. The minimum absolute atomic E-state index is 0.331. The zero-order valence-electron chi connectivity index (χ0n) is 13.8. The summed E-state index contributed by atoms with van der Waals surface area (Å²) in [5.74, 6) is 2.58. The van der Waals surface area contributed by atoms with Crippen LogP contribution in [0, 0.1) is 17.8 Å². The van der Waals surface area contributed by atoms with Crippen molar-refractivity contribution in [3.05, 3.63) is 24.3 Å². The first kappa shape index (κ1) is 16.2. The second kappa shape index (κ2) is 7.17. The van der Waals surface area contributed by atoms with Gasteiger partial charge < -0.3 is 15.3 Å². The van der Waals surface area contributed by atoms with Crippen molar-refractivity contribution in [3.8, 4) is 5.75 Å². The van der Waals surface area contributed by atoms with E-state index >= 15 is 0 Å². The summed E-state index contributed by atoms with van der Waals surface area (Å²) in [5, 5.41) is 13.1. The van der Waals surface area contributed by atoms with E-state index in [0.717, 1.165) is 24.9 Å². The predicted molar refractivity (Wildman–Crippen MR) is 89.9 cm³/mol. The Labute approximate surface area is 129 Å². The Kier molecular flexibility index (Phi) is 5.51. The first-order chi connectivity index (χ1) is 10.0. The Morgan fingerprint density at radius 1 is 1.19 bits per heavy atom. The maximum Gasteiger partial charge on any atom is 0.115 e. The van der Waals surface area contributed by atoms with E-state index in [9.17, 15) is 5.11 Å². The zero-order valence-corrected chi connectivity index (χ0v) is 13.8. The van der Waals surface area contributed by atoms with E-state index < -0.39 is 0 Å². The Balaban J connectivity index is 2.05. The van der Waals surface area contributed by atoms with Crippen molar-refractivity contribution in [2.24, 2.45) is 17.8 Å². The molecule has 2 N–H and O–H groups in total. The quantitative estimate of drug-likeness (QED) is 0.871. The van der Waals surface area contributed by atoms with Crippen LogP contribution < -0.4 is 10.2 Å². The van der Waals surface area contributed by atoms with Gasteiger partial charge in [0.05, 0.1) is 0 Å². The molecule has 3 nitrogen and oxygen atoms in total. The number of phenols is 1. The van der Waals surface area contributed by atoms with Gasteiger partial charge in [-0.3, -0.25) is 0 Å². The fourth-order valence-corrected chi connectivity index (χ4v) is 3.84. The smallest absolute Gasteiger partial charge is 0.115 e. The molecule has 1 aliphatic rings. The molecule has 1 saturated carbocycles. The number of hydrogen-bond acceptors (Lipinski definition) is 3. The van der Waals surface area contributed by atoms with Crippen LogP contribution >= 0.6 is 0 Å². The van der Waals surface area contributed by atoms with Gasteiger partial charge >= 0.3 is 0 Å². The molecule has 0 aliphatic heterocycles. The molecule has 0 radical (unpaired) electrons. The SMILES string of the molecule is CCNC1CC(C)CC(C)C1CN(C)c1ccc(O)cc1. The molecular weight excluding hydrogens is 260 g/mol. The van der Waals surface area contributed by atoms with Crippen LogP contribution in [0.3, 0.4) is 0 Å². The van der Waals surface area contributed by atoms with Crippen molar-refractivity contribution in [2.75, 3.05) is 25.0 Å². The third kappa shape index (κ3) is 4.13. The lowest BCUT2D eigenvalue weighted by Crippen LogP contribution is -2.48. The maximum atomic E-state index is 9.41. The van der Waals surface area contributed by atoms with E-state index in [1.807, 2.05) is 12.1 Å². The van der Waals surface area contributed by atoms with Gasteiger partial charge in [-0.2, -0.15) is 0 Å². The van der Waals surface area contributed by atoms with Crippen molar-refractivity contribution in [2.45, 2.75) is 39.7 Å². The molecule has 0 spiro atoms. The highest BCUT2D eigenvalue weighted by Crippen LogP contribution is 2.35. The average molecular weight is 290 g/mol. The molecule has 2 rings (SSSR count). The van der Waals surface area contributed by atoms with Gasteiger partial charge in [-0.05, 0) is 61.4 Å². The minimum Gasteiger partial charge on any atom is -0.508 e. The highest BCUT2D eigenvalue weighted by Gasteiger charge is 2.34. The lowest BCUT2D eigenvalue weighted by Gasteiger charge is -2.42. The van der Waals surface area contributed by atoms with Crippen LogP contribution in [-0.4, -0.2) is 31.3 Å². The predicted octanol–water partition coefficient (Wildman–Crippen LogP) is 3.49. The molecule has 4 unspecified atom stereocenters. The van der Waals surface area contributed by atoms with E-state index in [1.54, 1.807) is 12.1 Å². The van der Waals surface area contributed by atoms with Gasteiger partial charge in [-0.1, -0.05) is 20.8 Å². The Morgan fingerprint density at radius 3 is 2.48 bits per heavy atom. The molecule has 1 aromatic carbocycles. The lowest BCUT2D eigenvalue weighted by atomic mass is 9.72. The maximum absolute atomic E-state index is 9.41. The molecule has 21 heavy (non-hydrogen) atoms. The molecule has 1 aromatic rings. The summed E-state index contributed by atoms with van der Waals surface area (Å²) in [6, 6.07) is 8.13. The number of anilines is 1. The molecule has 4 atom stereocenters. The summed E-state index contributed by atoms with van der Waals surface area (Å²) in [6.07, 6.45) is 2.61. The first-order valence-electron chi connectivity index (χ1n) is 8.24. The molecule has 0 amide bonds. The Bertz CT molecular complexity index is 431. The number of nitrogens with one attached hydrogen (secondary N) is 1. The summed E-state index contributed by atoms with van der Waals surface area (Å²) in [6.45, 7) is 9.08. The van der Waals surface area contributed by atoms with Crippen molar-refractivity contribution < 1.29 is 5.11 Å². The Hall–Kier alpha value is -1.22. The third-order valence-electron chi connectivity index (χ3n) is 4.92. The second-order valence-corrected chi connectivity index (χ2v) is 6.78. The van der Waals surface area contributed by atoms with Crippen molar-refractivity contribution in [1.29, 1.82) is 0 Å². The topological polar surface area (TPSA) is 35.5 Å². The summed E-state index contributed by atoms with van der Waals surface area (Å²) >= 11 is 0. The van der Waals surface area contributed by atoms with Crippen LogP contribution in [0.2, 0.25) is 0 Å². The number of phenolic OH excluding ortho intramolecular Hbond substituents is 1. The van der Waals surface area contributed by atoms with Crippen LogP contribution in [0.5, 0.6) is 5.75 Å². The largest absolute Gasteiger partial charge is 0.508 e. The van der Waals surface area contributed by atoms with Crippen LogP contribution in [0.1, 0.15) is 33.6 Å². The number of benzene rings is 1. The minimum atomic E-state index is 0.331. The fraction of sp³-hybridized carbons (Fsp3) is 0.667. The summed E-state index contributed by atoms with van der Waals surface area (Å²) in [7, 11) is 2.15.